The van der Waals surface area contributed by atoms with Crippen LogP contribution in [0.15, 0.2) is 16.9 Å². The fraction of sp³-hybridized carbons (Fsp3) is 0.333. The van der Waals surface area contributed by atoms with E-state index < -0.39 is 0 Å². The number of methoxy groups -OCH3 is 1. The number of halogens is 1. The summed E-state index contributed by atoms with van der Waals surface area (Å²) < 4.78 is 5.49. The molecule has 0 saturated carbocycles. The van der Waals surface area contributed by atoms with E-state index in [0.717, 1.165) is 15.6 Å². The summed E-state index contributed by atoms with van der Waals surface area (Å²) >= 11 is 3.39. The molecule has 3 nitrogen and oxygen atoms in total. The van der Waals surface area contributed by atoms with Crippen LogP contribution in [-0.4, -0.2) is 18.1 Å². The molecule has 0 spiro atoms. The second-order valence-corrected chi connectivity index (χ2v) is 3.48. The number of rotatable bonds is 2. The monoisotopic (exact) mass is 243 g/mol. The topological polar surface area (TPSA) is 39.2 Å². The van der Waals surface area contributed by atoms with E-state index in [0.29, 0.717) is 0 Å². The first kappa shape index (κ1) is 10.2. The van der Waals surface area contributed by atoms with Crippen molar-refractivity contribution < 1.29 is 9.53 Å². The number of esters is 1. The summed E-state index contributed by atoms with van der Waals surface area (Å²) in [6.45, 7) is 1.93. The van der Waals surface area contributed by atoms with Gasteiger partial charge in [0.2, 0.25) is 0 Å². The fourth-order valence-corrected chi connectivity index (χ4v) is 1.30. The van der Waals surface area contributed by atoms with Crippen LogP contribution in [0, 0.1) is 6.92 Å². The molecular formula is C9H10BrNO2. The van der Waals surface area contributed by atoms with Crippen LogP contribution < -0.4 is 0 Å². The van der Waals surface area contributed by atoms with Crippen molar-refractivity contribution in [1.29, 1.82) is 0 Å². The molecule has 1 aromatic heterocycles. The van der Waals surface area contributed by atoms with Crippen LogP contribution in [0.3, 0.4) is 0 Å². The molecule has 0 unspecified atom stereocenters. The number of hydrogen-bond acceptors (Lipinski definition) is 3. The number of aromatic nitrogens is 1. The van der Waals surface area contributed by atoms with Gasteiger partial charge in [-0.05, 0) is 18.1 Å². The summed E-state index contributed by atoms with van der Waals surface area (Å²) in [5.41, 5.74) is 1.87. The van der Waals surface area contributed by atoms with Gasteiger partial charge in [0.25, 0.3) is 0 Å². The van der Waals surface area contributed by atoms with Crippen molar-refractivity contribution in [2.45, 2.75) is 13.3 Å². The standard InChI is InChI=1S/C9H10BrNO2/c1-6-4-11-5-7(9(6)10)3-8(12)13-2/h4-5H,3H2,1-2H3. The Morgan fingerprint density at radius 2 is 2.31 bits per heavy atom. The molecule has 1 aromatic rings. The Kier molecular flexibility index (Phi) is 3.42. The molecule has 0 radical (unpaired) electrons. The molecule has 0 bridgehead atoms. The van der Waals surface area contributed by atoms with Crippen LogP contribution in [0.1, 0.15) is 11.1 Å². The molecule has 0 N–H and O–H groups in total. The van der Waals surface area contributed by atoms with Crippen molar-refractivity contribution >= 4 is 21.9 Å². The quantitative estimate of drug-likeness (QED) is 0.745. The molecule has 4 heteroatoms. The van der Waals surface area contributed by atoms with E-state index in [-0.39, 0.29) is 12.4 Å². The predicted molar refractivity (Wildman–Crippen MR) is 52.4 cm³/mol. The third-order valence-electron chi connectivity index (χ3n) is 1.69. The van der Waals surface area contributed by atoms with Crippen LogP contribution in [0.25, 0.3) is 0 Å². The summed E-state index contributed by atoms with van der Waals surface area (Å²) in [6, 6.07) is 0. The third kappa shape index (κ3) is 2.52. The summed E-state index contributed by atoms with van der Waals surface area (Å²) in [6.07, 6.45) is 3.66. The molecular weight excluding hydrogens is 234 g/mol. The SMILES string of the molecule is COC(=O)Cc1cncc(C)c1Br. The van der Waals surface area contributed by atoms with Gasteiger partial charge in [-0.1, -0.05) is 15.9 Å². The maximum atomic E-state index is 11.0. The number of carbonyl (C=O) groups excluding carboxylic acids is 1. The van der Waals surface area contributed by atoms with Crippen molar-refractivity contribution in [3.05, 3.63) is 28.0 Å². The molecule has 1 rings (SSSR count). The van der Waals surface area contributed by atoms with E-state index in [1.807, 2.05) is 6.92 Å². The normalized spacial score (nSPS) is 9.77. The smallest absolute Gasteiger partial charge is 0.310 e. The fourth-order valence-electron chi connectivity index (χ4n) is 0.957. The van der Waals surface area contributed by atoms with Crippen LogP contribution in [-0.2, 0) is 16.0 Å². The zero-order valence-electron chi connectivity index (χ0n) is 7.50. The minimum atomic E-state index is -0.256. The first-order valence-corrected chi connectivity index (χ1v) is 4.60. The van der Waals surface area contributed by atoms with E-state index in [1.54, 1.807) is 12.4 Å². The third-order valence-corrected chi connectivity index (χ3v) is 2.82. The zero-order chi connectivity index (χ0) is 9.84. The summed E-state index contributed by atoms with van der Waals surface area (Å²) in [5.74, 6) is -0.256. The Morgan fingerprint density at radius 1 is 1.62 bits per heavy atom. The van der Waals surface area contributed by atoms with E-state index in [9.17, 15) is 4.79 Å². The van der Waals surface area contributed by atoms with E-state index >= 15 is 0 Å². The van der Waals surface area contributed by atoms with Gasteiger partial charge in [-0.3, -0.25) is 9.78 Å². The first-order chi connectivity index (χ1) is 6.15. The lowest BCUT2D eigenvalue weighted by molar-refractivity contribution is -0.139. The van der Waals surface area contributed by atoms with Crippen LogP contribution in [0.5, 0.6) is 0 Å². The maximum Gasteiger partial charge on any atom is 0.310 e. The number of carbonyl (C=O) groups is 1. The molecule has 0 fully saturated rings. The highest BCUT2D eigenvalue weighted by atomic mass is 79.9. The molecule has 13 heavy (non-hydrogen) atoms. The van der Waals surface area contributed by atoms with Gasteiger partial charge in [0.05, 0.1) is 13.5 Å². The first-order valence-electron chi connectivity index (χ1n) is 3.81. The summed E-state index contributed by atoms with van der Waals surface area (Å²) in [7, 11) is 1.37. The number of hydrogen-bond donors (Lipinski definition) is 0. The average molecular weight is 244 g/mol. The minimum Gasteiger partial charge on any atom is -0.469 e. The van der Waals surface area contributed by atoms with Crippen molar-refractivity contribution in [3.63, 3.8) is 0 Å². The molecule has 0 amide bonds. The minimum absolute atomic E-state index is 0.256. The lowest BCUT2D eigenvalue weighted by atomic mass is 10.2. The predicted octanol–water partition coefficient (Wildman–Crippen LogP) is 1.87. The highest BCUT2D eigenvalue weighted by molar-refractivity contribution is 9.10. The second-order valence-electron chi connectivity index (χ2n) is 2.68. The second kappa shape index (κ2) is 4.37. The van der Waals surface area contributed by atoms with E-state index in [4.69, 9.17) is 0 Å². The number of pyridine rings is 1. The molecule has 0 atom stereocenters. The Bertz CT molecular complexity index is 325. The average Bonchev–Trinajstić information content (AvgIpc) is 2.13. The lowest BCUT2D eigenvalue weighted by Crippen LogP contribution is -2.05. The lowest BCUT2D eigenvalue weighted by Gasteiger charge is -2.04. The Labute approximate surface area is 85.3 Å². The van der Waals surface area contributed by atoms with Gasteiger partial charge in [0, 0.05) is 16.9 Å². The molecule has 0 aromatic carbocycles. The highest BCUT2D eigenvalue weighted by Gasteiger charge is 2.08. The Hall–Kier alpha value is -0.900. The molecule has 0 aliphatic heterocycles. The Balaban J connectivity index is 2.89. The van der Waals surface area contributed by atoms with Gasteiger partial charge < -0.3 is 4.74 Å². The van der Waals surface area contributed by atoms with Crippen molar-refractivity contribution in [2.75, 3.05) is 7.11 Å². The van der Waals surface area contributed by atoms with Gasteiger partial charge in [0.15, 0.2) is 0 Å². The number of nitrogens with zero attached hydrogens (tertiary/aromatic N) is 1. The van der Waals surface area contributed by atoms with Gasteiger partial charge in [-0.2, -0.15) is 0 Å². The molecule has 70 valence electrons. The van der Waals surface area contributed by atoms with Crippen molar-refractivity contribution in [1.82, 2.24) is 4.98 Å². The molecule has 0 aliphatic rings. The van der Waals surface area contributed by atoms with Gasteiger partial charge >= 0.3 is 5.97 Å². The maximum absolute atomic E-state index is 11.0. The van der Waals surface area contributed by atoms with E-state index in [2.05, 4.69) is 25.7 Å². The van der Waals surface area contributed by atoms with Crippen molar-refractivity contribution in [2.24, 2.45) is 0 Å². The van der Waals surface area contributed by atoms with Crippen LogP contribution in [0.2, 0.25) is 0 Å². The molecule has 0 aliphatic carbocycles. The summed E-state index contributed by atoms with van der Waals surface area (Å²) in [5, 5.41) is 0. The zero-order valence-corrected chi connectivity index (χ0v) is 9.09. The van der Waals surface area contributed by atoms with Gasteiger partial charge in [0.1, 0.15) is 0 Å². The van der Waals surface area contributed by atoms with Gasteiger partial charge in [-0.15, -0.1) is 0 Å². The molecule has 0 saturated heterocycles. The van der Waals surface area contributed by atoms with E-state index in [1.165, 1.54) is 7.11 Å². The highest BCUT2D eigenvalue weighted by Crippen LogP contribution is 2.20. The molecule has 1 heterocycles. The van der Waals surface area contributed by atoms with Crippen molar-refractivity contribution in [3.8, 4) is 0 Å². The van der Waals surface area contributed by atoms with Crippen LogP contribution >= 0.6 is 15.9 Å². The summed E-state index contributed by atoms with van der Waals surface area (Å²) in [4.78, 5) is 15.0. The van der Waals surface area contributed by atoms with Crippen LogP contribution in [0.4, 0.5) is 0 Å². The largest absolute Gasteiger partial charge is 0.469 e. The Morgan fingerprint density at radius 3 is 2.92 bits per heavy atom. The number of ether oxygens (including phenoxy) is 1. The van der Waals surface area contributed by atoms with Gasteiger partial charge in [-0.25, -0.2) is 0 Å². The number of aryl methyl sites for hydroxylation is 1.